The second-order valence-electron chi connectivity index (χ2n) is 6.43. The lowest BCUT2D eigenvalue weighted by Crippen LogP contribution is -2.15. The lowest BCUT2D eigenvalue weighted by atomic mass is 10.1. The van der Waals surface area contributed by atoms with Crippen LogP contribution in [-0.2, 0) is 0 Å². The molecule has 0 saturated heterocycles. The van der Waals surface area contributed by atoms with Gasteiger partial charge in [-0.15, -0.1) is 22.7 Å². The molecule has 6 nitrogen and oxygen atoms in total. The van der Waals surface area contributed by atoms with E-state index in [-0.39, 0.29) is 11.8 Å². The minimum atomic E-state index is -0.272. The smallest absolute Gasteiger partial charge is 0.260 e. The Balaban J connectivity index is 1.61. The van der Waals surface area contributed by atoms with Gasteiger partial charge in [0.1, 0.15) is 4.34 Å². The van der Waals surface area contributed by atoms with Gasteiger partial charge in [0.15, 0.2) is 10.9 Å². The molecular weight excluding hydrogens is 449 g/mol. The molecule has 4 aromatic heterocycles. The predicted molar refractivity (Wildman–Crippen MR) is 119 cm³/mol. The largest absolute Gasteiger partial charge is 0.298 e. The molecule has 0 aliphatic carbocycles. The van der Waals surface area contributed by atoms with Crippen LogP contribution in [0.2, 0.25) is 8.67 Å². The first-order valence-corrected chi connectivity index (χ1v) is 11.1. The Bertz CT molecular complexity index is 1170. The molecule has 4 rings (SSSR count). The maximum Gasteiger partial charge on any atom is 0.260 e. The number of thiazole rings is 1. The van der Waals surface area contributed by atoms with E-state index in [1.165, 1.54) is 22.7 Å². The monoisotopic (exact) mass is 463 g/mol. The van der Waals surface area contributed by atoms with Crippen LogP contribution in [0.25, 0.3) is 17.1 Å². The van der Waals surface area contributed by atoms with Crippen molar-refractivity contribution in [3.8, 4) is 17.1 Å². The maximum atomic E-state index is 12.9. The molecule has 0 fully saturated rings. The second kappa shape index (κ2) is 8.23. The van der Waals surface area contributed by atoms with Gasteiger partial charge in [0.25, 0.3) is 5.91 Å². The third-order valence-electron chi connectivity index (χ3n) is 4.12. The quantitative estimate of drug-likeness (QED) is 0.385. The highest BCUT2D eigenvalue weighted by atomic mass is 35.5. The Morgan fingerprint density at radius 3 is 2.76 bits per heavy atom. The molecule has 0 unspecified atom stereocenters. The minimum Gasteiger partial charge on any atom is -0.298 e. The van der Waals surface area contributed by atoms with E-state index in [1.807, 2.05) is 37.4 Å². The first-order chi connectivity index (χ1) is 13.9. The van der Waals surface area contributed by atoms with E-state index in [0.717, 1.165) is 11.3 Å². The number of amides is 1. The number of hydrogen-bond donors (Lipinski definition) is 1. The molecule has 0 spiro atoms. The van der Waals surface area contributed by atoms with E-state index in [2.05, 4.69) is 20.4 Å². The number of halogens is 2. The number of anilines is 1. The summed E-state index contributed by atoms with van der Waals surface area (Å²) in [7, 11) is 0. The number of carbonyl (C=O) groups excluding carboxylic acids is 1. The number of thiophene rings is 1. The number of nitrogens with zero attached hydrogens (tertiary/aromatic N) is 4. The molecular formula is C19H15Cl2N5OS2. The highest BCUT2D eigenvalue weighted by Gasteiger charge is 2.22. The SMILES string of the molecule is CC(C)c1c(C(=O)Nc2nc(-c3cc(Cl)sc3Cl)cs2)cnn1-c1ccccn1. The first-order valence-electron chi connectivity index (χ1n) is 8.65. The summed E-state index contributed by atoms with van der Waals surface area (Å²) in [4.78, 5) is 21.7. The van der Waals surface area contributed by atoms with Crippen molar-refractivity contribution in [2.45, 2.75) is 19.8 Å². The van der Waals surface area contributed by atoms with Crippen molar-refractivity contribution in [3.05, 3.63) is 62.0 Å². The van der Waals surface area contributed by atoms with Crippen molar-refractivity contribution >= 4 is 56.9 Å². The van der Waals surface area contributed by atoms with Gasteiger partial charge < -0.3 is 0 Å². The summed E-state index contributed by atoms with van der Waals surface area (Å²) in [5, 5.41) is 9.55. The van der Waals surface area contributed by atoms with Gasteiger partial charge in [0, 0.05) is 17.1 Å². The van der Waals surface area contributed by atoms with Gasteiger partial charge in [0.05, 0.1) is 27.5 Å². The van der Waals surface area contributed by atoms with Crippen LogP contribution in [0.1, 0.15) is 35.8 Å². The van der Waals surface area contributed by atoms with E-state index < -0.39 is 0 Å². The zero-order valence-corrected chi connectivity index (χ0v) is 18.5. The lowest BCUT2D eigenvalue weighted by Gasteiger charge is -2.11. The van der Waals surface area contributed by atoms with Crippen LogP contribution >= 0.6 is 45.9 Å². The normalized spacial score (nSPS) is 11.2. The molecule has 10 heteroatoms. The number of nitrogens with one attached hydrogen (secondary N) is 1. The van der Waals surface area contributed by atoms with E-state index in [4.69, 9.17) is 23.2 Å². The summed E-state index contributed by atoms with van der Waals surface area (Å²) in [6, 6.07) is 7.34. The van der Waals surface area contributed by atoms with Gasteiger partial charge >= 0.3 is 0 Å². The van der Waals surface area contributed by atoms with Crippen molar-refractivity contribution < 1.29 is 4.79 Å². The van der Waals surface area contributed by atoms with Crippen LogP contribution in [0.3, 0.4) is 0 Å². The predicted octanol–water partition coefficient (Wildman–Crippen LogP) is 6.13. The Kier molecular flexibility index (Phi) is 5.69. The number of pyridine rings is 1. The summed E-state index contributed by atoms with van der Waals surface area (Å²) in [6.45, 7) is 4.02. The van der Waals surface area contributed by atoms with E-state index >= 15 is 0 Å². The van der Waals surface area contributed by atoms with Gasteiger partial charge in [-0.1, -0.05) is 43.1 Å². The zero-order valence-electron chi connectivity index (χ0n) is 15.4. The molecule has 0 saturated carbocycles. The Labute approximate surface area is 185 Å². The van der Waals surface area contributed by atoms with E-state index in [0.29, 0.717) is 30.9 Å². The van der Waals surface area contributed by atoms with Crippen molar-refractivity contribution in [3.63, 3.8) is 0 Å². The Morgan fingerprint density at radius 2 is 2.10 bits per heavy atom. The molecule has 0 aliphatic heterocycles. The molecule has 0 radical (unpaired) electrons. The average Bonchev–Trinajstić information content (AvgIpc) is 3.40. The highest BCUT2D eigenvalue weighted by Crippen LogP contribution is 2.39. The molecule has 4 heterocycles. The number of hydrogen-bond acceptors (Lipinski definition) is 6. The van der Waals surface area contributed by atoms with Crippen LogP contribution in [0, 0.1) is 0 Å². The first kappa shape index (κ1) is 20.0. The van der Waals surface area contributed by atoms with Crippen LogP contribution in [0.5, 0.6) is 0 Å². The lowest BCUT2D eigenvalue weighted by molar-refractivity contribution is 0.102. The summed E-state index contributed by atoms with van der Waals surface area (Å²) in [5.74, 6) is 0.459. The summed E-state index contributed by atoms with van der Waals surface area (Å²) in [6.07, 6.45) is 3.25. The van der Waals surface area contributed by atoms with Gasteiger partial charge in [-0.05, 0) is 24.1 Å². The fourth-order valence-electron chi connectivity index (χ4n) is 2.88. The Hall–Kier alpha value is -2.26. The van der Waals surface area contributed by atoms with Crippen LogP contribution in [-0.4, -0.2) is 25.7 Å². The van der Waals surface area contributed by atoms with Crippen LogP contribution in [0.4, 0.5) is 5.13 Å². The second-order valence-corrected chi connectivity index (χ2v) is 9.57. The van der Waals surface area contributed by atoms with Gasteiger partial charge in [0.2, 0.25) is 0 Å². The zero-order chi connectivity index (χ0) is 20.5. The van der Waals surface area contributed by atoms with Crippen LogP contribution < -0.4 is 5.32 Å². The maximum absolute atomic E-state index is 12.9. The van der Waals surface area contributed by atoms with Gasteiger partial charge in [-0.3, -0.25) is 10.1 Å². The third kappa shape index (κ3) is 4.06. The molecule has 4 aromatic rings. The van der Waals surface area contributed by atoms with Gasteiger partial charge in [-0.2, -0.15) is 5.10 Å². The molecule has 1 N–H and O–H groups in total. The van der Waals surface area contributed by atoms with E-state index in [9.17, 15) is 4.79 Å². The van der Waals surface area contributed by atoms with Crippen LogP contribution in [0.15, 0.2) is 42.0 Å². The van der Waals surface area contributed by atoms with Crippen molar-refractivity contribution in [1.82, 2.24) is 19.7 Å². The molecule has 0 bridgehead atoms. The third-order valence-corrected chi connectivity index (χ3v) is 6.37. The molecule has 148 valence electrons. The van der Waals surface area contributed by atoms with Crippen molar-refractivity contribution in [2.24, 2.45) is 0 Å². The molecule has 0 aliphatic rings. The number of aromatic nitrogens is 4. The minimum absolute atomic E-state index is 0.0684. The fraction of sp³-hybridized carbons (Fsp3) is 0.158. The highest BCUT2D eigenvalue weighted by molar-refractivity contribution is 7.20. The Morgan fingerprint density at radius 1 is 1.28 bits per heavy atom. The summed E-state index contributed by atoms with van der Waals surface area (Å²) in [5.41, 5.74) is 2.70. The summed E-state index contributed by atoms with van der Waals surface area (Å²) >= 11 is 14.8. The molecule has 0 aromatic carbocycles. The number of rotatable bonds is 5. The van der Waals surface area contributed by atoms with E-state index in [1.54, 1.807) is 23.1 Å². The summed E-state index contributed by atoms with van der Waals surface area (Å²) < 4.78 is 2.85. The molecule has 1 amide bonds. The fourth-order valence-corrected chi connectivity index (χ4v) is 5.07. The van der Waals surface area contributed by atoms with Crippen molar-refractivity contribution in [2.75, 3.05) is 5.32 Å². The molecule has 0 atom stereocenters. The standard InChI is InChI=1S/C19H15Cl2N5OS2/c1-10(2)16-12(8-23-26(16)15-5-3-4-6-22-15)18(27)25-19-24-13(9-28-19)11-7-14(20)29-17(11)21/h3-10H,1-2H3,(H,24,25,27). The number of carbonyl (C=O) groups is 1. The van der Waals surface area contributed by atoms with Crippen molar-refractivity contribution in [1.29, 1.82) is 0 Å². The topological polar surface area (TPSA) is 72.7 Å². The van der Waals surface area contributed by atoms with Gasteiger partial charge in [-0.25, -0.2) is 14.6 Å². The molecule has 29 heavy (non-hydrogen) atoms. The average molecular weight is 464 g/mol.